The summed E-state index contributed by atoms with van der Waals surface area (Å²) >= 11 is 1.38. The van der Waals surface area contributed by atoms with Crippen LogP contribution in [0.2, 0.25) is 0 Å². The van der Waals surface area contributed by atoms with Crippen LogP contribution in [0, 0.1) is 19.8 Å². The number of hydrazine groups is 1. The van der Waals surface area contributed by atoms with Gasteiger partial charge in [0.15, 0.2) is 9.84 Å². The van der Waals surface area contributed by atoms with E-state index in [0.717, 1.165) is 10.5 Å². The highest BCUT2D eigenvalue weighted by atomic mass is 32.2. The number of amides is 2. The number of aryl methyl sites for hydroxylation is 2. The highest BCUT2D eigenvalue weighted by Gasteiger charge is 2.33. The van der Waals surface area contributed by atoms with Gasteiger partial charge in [0.2, 0.25) is 11.8 Å². The lowest BCUT2D eigenvalue weighted by Crippen LogP contribution is -2.45. The smallest absolute Gasteiger partial charge is 0.248 e. The van der Waals surface area contributed by atoms with Crippen molar-refractivity contribution in [1.29, 1.82) is 0 Å². The first-order chi connectivity index (χ1) is 10.8. The number of carbonyl (C=O) groups is 2. The largest absolute Gasteiger partial charge is 0.273 e. The summed E-state index contributed by atoms with van der Waals surface area (Å²) in [6, 6.07) is 5.95. The Kier molecular flexibility index (Phi) is 5.69. The van der Waals surface area contributed by atoms with E-state index in [1.807, 2.05) is 32.0 Å². The van der Waals surface area contributed by atoms with Gasteiger partial charge >= 0.3 is 0 Å². The van der Waals surface area contributed by atoms with E-state index in [4.69, 9.17) is 0 Å². The lowest BCUT2D eigenvalue weighted by molar-refractivity contribution is -0.129. The molecule has 0 bridgehead atoms. The summed E-state index contributed by atoms with van der Waals surface area (Å²) < 4.78 is 22.6. The standard InChI is InChI=1S/C15H20N2O4S2/c1-10-3-4-13(7-11(10)2)22-8-14(18)16-17-15(19)12-5-6-23(20,21)9-12/h3-4,7,12H,5-6,8-9H2,1-2H3,(H,16,18)(H,17,19)/t12-/m0/s1. The van der Waals surface area contributed by atoms with Crippen molar-refractivity contribution >= 4 is 33.4 Å². The summed E-state index contributed by atoms with van der Waals surface area (Å²) in [5, 5.41) is 0. The van der Waals surface area contributed by atoms with E-state index in [1.54, 1.807) is 0 Å². The van der Waals surface area contributed by atoms with Crippen LogP contribution in [0.15, 0.2) is 23.1 Å². The molecule has 0 aliphatic carbocycles. The van der Waals surface area contributed by atoms with E-state index >= 15 is 0 Å². The molecular formula is C15H20N2O4S2. The molecular weight excluding hydrogens is 336 g/mol. The number of nitrogens with one attached hydrogen (secondary N) is 2. The zero-order chi connectivity index (χ0) is 17.0. The molecule has 23 heavy (non-hydrogen) atoms. The van der Waals surface area contributed by atoms with Gasteiger partial charge in [0, 0.05) is 4.90 Å². The number of hydrogen-bond acceptors (Lipinski definition) is 5. The topological polar surface area (TPSA) is 92.3 Å². The van der Waals surface area contributed by atoms with E-state index in [2.05, 4.69) is 10.9 Å². The van der Waals surface area contributed by atoms with E-state index in [0.29, 0.717) is 6.42 Å². The molecule has 126 valence electrons. The second kappa shape index (κ2) is 7.35. The summed E-state index contributed by atoms with van der Waals surface area (Å²) in [4.78, 5) is 24.5. The second-order valence-corrected chi connectivity index (χ2v) is 8.95. The van der Waals surface area contributed by atoms with Crippen LogP contribution in [0.4, 0.5) is 0 Å². The molecule has 0 aromatic heterocycles. The number of thioether (sulfide) groups is 1. The first kappa shape index (κ1) is 17.8. The SMILES string of the molecule is Cc1ccc(SCC(=O)NNC(=O)[C@H]2CCS(=O)(=O)C2)cc1C. The summed E-state index contributed by atoms with van der Waals surface area (Å²) in [6.45, 7) is 4.03. The maximum atomic E-state index is 11.8. The summed E-state index contributed by atoms with van der Waals surface area (Å²) in [7, 11) is -3.11. The number of carbonyl (C=O) groups excluding carboxylic acids is 2. The van der Waals surface area contributed by atoms with E-state index < -0.39 is 21.7 Å². The maximum absolute atomic E-state index is 11.8. The van der Waals surface area contributed by atoms with E-state index in [-0.39, 0.29) is 23.2 Å². The van der Waals surface area contributed by atoms with Crippen LogP contribution in [0.25, 0.3) is 0 Å². The van der Waals surface area contributed by atoms with Crippen LogP contribution in [0.3, 0.4) is 0 Å². The third-order valence-electron chi connectivity index (χ3n) is 3.78. The zero-order valence-electron chi connectivity index (χ0n) is 13.1. The number of sulfone groups is 1. The van der Waals surface area contributed by atoms with Gasteiger partial charge in [0.05, 0.1) is 23.2 Å². The van der Waals surface area contributed by atoms with Crippen molar-refractivity contribution in [3.63, 3.8) is 0 Å². The van der Waals surface area contributed by atoms with Crippen LogP contribution in [0.1, 0.15) is 17.5 Å². The molecule has 1 aliphatic heterocycles. The molecule has 2 N–H and O–H groups in total. The molecule has 8 heteroatoms. The average Bonchev–Trinajstić information content (AvgIpc) is 2.86. The molecule has 1 saturated heterocycles. The number of benzene rings is 1. The summed E-state index contributed by atoms with van der Waals surface area (Å²) in [5.74, 6) is -1.30. The Morgan fingerprint density at radius 2 is 1.96 bits per heavy atom. The fourth-order valence-corrected chi connectivity index (χ4v) is 4.76. The zero-order valence-corrected chi connectivity index (χ0v) is 14.7. The Morgan fingerprint density at radius 3 is 2.57 bits per heavy atom. The molecule has 0 spiro atoms. The van der Waals surface area contributed by atoms with Crippen LogP contribution >= 0.6 is 11.8 Å². The van der Waals surface area contributed by atoms with Gasteiger partial charge < -0.3 is 0 Å². The molecule has 2 amide bonds. The van der Waals surface area contributed by atoms with Gasteiger partial charge in [-0.05, 0) is 43.5 Å². The Morgan fingerprint density at radius 1 is 1.22 bits per heavy atom. The molecule has 1 fully saturated rings. The first-order valence-electron chi connectivity index (χ1n) is 7.26. The van der Waals surface area contributed by atoms with Crippen molar-refractivity contribution in [2.45, 2.75) is 25.2 Å². The molecule has 6 nitrogen and oxygen atoms in total. The van der Waals surface area contributed by atoms with Crippen LogP contribution in [-0.4, -0.2) is 37.5 Å². The van der Waals surface area contributed by atoms with Gasteiger partial charge in [-0.1, -0.05) is 6.07 Å². The fraction of sp³-hybridized carbons (Fsp3) is 0.467. The van der Waals surface area contributed by atoms with E-state index in [9.17, 15) is 18.0 Å². The molecule has 0 saturated carbocycles. The first-order valence-corrected chi connectivity index (χ1v) is 10.1. The molecule has 1 atom stereocenters. The molecule has 1 aromatic rings. The lowest BCUT2D eigenvalue weighted by Gasteiger charge is -2.10. The van der Waals surface area contributed by atoms with Crippen molar-refractivity contribution < 1.29 is 18.0 Å². The van der Waals surface area contributed by atoms with Crippen molar-refractivity contribution in [2.24, 2.45) is 5.92 Å². The predicted molar refractivity (Wildman–Crippen MR) is 89.7 cm³/mol. The van der Waals surface area contributed by atoms with Gasteiger partial charge in [-0.15, -0.1) is 11.8 Å². The highest BCUT2D eigenvalue weighted by Crippen LogP contribution is 2.21. The second-order valence-electron chi connectivity index (χ2n) is 5.67. The van der Waals surface area contributed by atoms with Gasteiger partial charge in [-0.3, -0.25) is 20.4 Å². The maximum Gasteiger partial charge on any atom is 0.248 e. The van der Waals surface area contributed by atoms with Gasteiger partial charge in [0.25, 0.3) is 0 Å². The van der Waals surface area contributed by atoms with E-state index in [1.165, 1.54) is 17.3 Å². The van der Waals surface area contributed by atoms with Crippen molar-refractivity contribution in [3.8, 4) is 0 Å². The molecule has 1 aromatic carbocycles. The third kappa shape index (κ3) is 5.24. The average molecular weight is 356 g/mol. The molecule has 2 rings (SSSR count). The highest BCUT2D eigenvalue weighted by molar-refractivity contribution is 8.00. The van der Waals surface area contributed by atoms with Crippen LogP contribution in [-0.2, 0) is 19.4 Å². The van der Waals surface area contributed by atoms with Gasteiger partial charge in [-0.25, -0.2) is 8.42 Å². The summed E-state index contributed by atoms with van der Waals surface area (Å²) in [5.41, 5.74) is 6.98. The number of rotatable bonds is 4. The van der Waals surface area contributed by atoms with Crippen molar-refractivity contribution in [2.75, 3.05) is 17.3 Å². The quantitative estimate of drug-likeness (QED) is 0.620. The Hall–Kier alpha value is -1.54. The molecule has 1 heterocycles. The van der Waals surface area contributed by atoms with Gasteiger partial charge in [-0.2, -0.15) is 0 Å². The molecule has 0 unspecified atom stereocenters. The normalized spacial score (nSPS) is 19.3. The van der Waals surface area contributed by atoms with Crippen molar-refractivity contribution in [1.82, 2.24) is 10.9 Å². The predicted octanol–water partition coefficient (Wildman–Crippen LogP) is 0.978. The minimum atomic E-state index is -3.11. The van der Waals surface area contributed by atoms with Crippen LogP contribution < -0.4 is 10.9 Å². The van der Waals surface area contributed by atoms with Gasteiger partial charge in [0.1, 0.15) is 0 Å². The Bertz CT molecular complexity index is 716. The minimum absolute atomic E-state index is 0.0294. The Labute approximate surface area is 140 Å². The minimum Gasteiger partial charge on any atom is -0.273 e. The van der Waals surface area contributed by atoms with Crippen LogP contribution in [0.5, 0.6) is 0 Å². The fourth-order valence-electron chi connectivity index (χ4n) is 2.22. The van der Waals surface area contributed by atoms with Crippen molar-refractivity contribution in [3.05, 3.63) is 29.3 Å². The molecule has 1 aliphatic rings. The third-order valence-corrected chi connectivity index (χ3v) is 6.54. The number of hydrogen-bond donors (Lipinski definition) is 2. The Balaban J connectivity index is 1.75. The molecule has 0 radical (unpaired) electrons. The lowest BCUT2D eigenvalue weighted by atomic mass is 10.1. The monoisotopic (exact) mass is 356 g/mol. The summed E-state index contributed by atoms with van der Waals surface area (Å²) in [6.07, 6.45) is 0.307.